The topological polar surface area (TPSA) is 51.2 Å². The van der Waals surface area contributed by atoms with E-state index in [9.17, 15) is 4.79 Å². The van der Waals surface area contributed by atoms with Gasteiger partial charge >= 0.3 is 0 Å². The van der Waals surface area contributed by atoms with Crippen LogP contribution >= 0.6 is 11.3 Å². The van der Waals surface area contributed by atoms with Gasteiger partial charge in [0.05, 0.1) is 12.5 Å². The summed E-state index contributed by atoms with van der Waals surface area (Å²) in [5, 5.41) is 7.91. The number of hydrogen-bond donors (Lipinski definition) is 1. The maximum absolute atomic E-state index is 13.5. The van der Waals surface area contributed by atoms with E-state index in [1.54, 1.807) is 13.3 Å². The van der Waals surface area contributed by atoms with Crippen molar-refractivity contribution in [3.63, 3.8) is 0 Å². The van der Waals surface area contributed by atoms with Crippen LogP contribution in [0.5, 0.6) is 5.75 Å². The SMILES string of the molecule is COc1ccc2c(c1)[C@H](c1ccc3ccccc3c1)[C@@](C)(C(=O)Nc1nccs1)C2. The van der Waals surface area contributed by atoms with Crippen LogP contribution in [-0.2, 0) is 11.2 Å². The smallest absolute Gasteiger partial charge is 0.233 e. The number of nitrogens with one attached hydrogen (secondary N) is 1. The van der Waals surface area contributed by atoms with Crippen molar-refractivity contribution in [1.29, 1.82) is 0 Å². The standard InChI is InChI=1S/C25H22N2O2S/c1-25(23(28)27-24-26-11-12-30-24)15-19-9-10-20(29-2)14-21(19)22(25)18-8-7-16-5-3-4-6-17(16)13-18/h3-14,22H,15H2,1-2H3,(H,26,27,28)/t22-,25-/m0/s1. The Kier molecular flexibility index (Phi) is 4.55. The Hall–Kier alpha value is -3.18. The van der Waals surface area contributed by atoms with Gasteiger partial charge in [-0.2, -0.15) is 0 Å². The van der Waals surface area contributed by atoms with Crippen molar-refractivity contribution in [2.75, 3.05) is 12.4 Å². The predicted molar refractivity (Wildman–Crippen MR) is 121 cm³/mol. The van der Waals surface area contributed by atoms with Crippen LogP contribution in [0.4, 0.5) is 5.13 Å². The zero-order valence-electron chi connectivity index (χ0n) is 16.9. The lowest BCUT2D eigenvalue weighted by atomic mass is 9.73. The van der Waals surface area contributed by atoms with Gasteiger partial charge in [0, 0.05) is 17.5 Å². The Bertz CT molecular complexity index is 1240. The minimum Gasteiger partial charge on any atom is -0.497 e. The number of thiazole rings is 1. The second-order valence-electron chi connectivity index (χ2n) is 7.99. The number of aromatic nitrogens is 1. The van der Waals surface area contributed by atoms with Gasteiger partial charge in [0.15, 0.2) is 5.13 Å². The summed E-state index contributed by atoms with van der Waals surface area (Å²) < 4.78 is 5.50. The van der Waals surface area contributed by atoms with E-state index in [1.165, 1.54) is 27.7 Å². The number of anilines is 1. The van der Waals surface area contributed by atoms with Gasteiger partial charge in [0.2, 0.25) is 5.91 Å². The van der Waals surface area contributed by atoms with Crippen LogP contribution in [0.2, 0.25) is 0 Å². The molecular weight excluding hydrogens is 392 g/mol. The molecule has 4 nitrogen and oxygen atoms in total. The maximum Gasteiger partial charge on any atom is 0.233 e. The van der Waals surface area contributed by atoms with Crippen molar-refractivity contribution in [1.82, 2.24) is 4.98 Å². The van der Waals surface area contributed by atoms with Crippen LogP contribution in [0, 0.1) is 5.41 Å². The lowest BCUT2D eigenvalue weighted by Gasteiger charge is -2.31. The molecule has 0 spiro atoms. The van der Waals surface area contributed by atoms with Crippen LogP contribution < -0.4 is 10.1 Å². The Balaban J connectivity index is 1.64. The molecule has 3 aromatic carbocycles. The second kappa shape index (κ2) is 7.26. The first-order chi connectivity index (χ1) is 14.6. The number of nitrogens with zero attached hydrogens (tertiary/aromatic N) is 1. The number of amides is 1. The molecule has 30 heavy (non-hydrogen) atoms. The number of ether oxygens (including phenoxy) is 1. The molecule has 1 aliphatic carbocycles. The average Bonchev–Trinajstić information content (AvgIpc) is 3.38. The van der Waals surface area contributed by atoms with Gasteiger partial charge < -0.3 is 10.1 Å². The van der Waals surface area contributed by atoms with Gasteiger partial charge in [-0.15, -0.1) is 11.3 Å². The van der Waals surface area contributed by atoms with Crippen LogP contribution in [0.1, 0.15) is 29.5 Å². The Labute approximate surface area is 179 Å². The van der Waals surface area contributed by atoms with Gasteiger partial charge in [0.25, 0.3) is 0 Å². The van der Waals surface area contributed by atoms with E-state index in [0.29, 0.717) is 11.6 Å². The summed E-state index contributed by atoms with van der Waals surface area (Å²) in [5.74, 6) is 0.724. The predicted octanol–water partition coefficient (Wildman–Crippen LogP) is 5.64. The zero-order chi connectivity index (χ0) is 20.7. The lowest BCUT2D eigenvalue weighted by molar-refractivity contribution is -0.125. The van der Waals surface area contributed by atoms with Crippen LogP contribution in [-0.4, -0.2) is 18.0 Å². The molecule has 5 rings (SSSR count). The molecule has 150 valence electrons. The molecule has 1 heterocycles. The number of fused-ring (bicyclic) bond motifs is 2. The average molecular weight is 415 g/mol. The van der Waals surface area contributed by atoms with E-state index in [-0.39, 0.29) is 11.8 Å². The lowest BCUT2D eigenvalue weighted by Crippen LogP contribution is -2.37. The van der Waals surface area contributed by atoms with E-state index in [1.807, 2.05) is 23.6 Å². The molecule has 0 radical (unpaired) electrons. The van der Waals surface area contributed by atoms with Crippen molar-refractivity contribution in [3.8, 4) is 5.75 Å². The highest BCUT2D eigenvalue weighted by molar-refractivity contribution is 7.13. The summed E-state index contributed by atoms with van der Waals surface area (Å²) in [7, 11) is 1.68. The fourth-order valence-electron chi connectivity index (χ4n) is 4.64. The molecule has 1 amide bonds. The molecule has 0 aliphatic heterocycles. The van der Waals surface area contributed by atoms with Gasteiger partial charge in [-0.3, -0.25) is 4.79 Å². The largest absolute Gasteiger partial charge is 0.497 e. The first kappa shape index (κ1) is 18.8. The molecule has 0 saturated carbocycles. The monoisotopic (exact) mass is 414 g/mol. The molecule has 4 aromatic rings. The normalized spacial score (nSPS) is 20.1. The van der Waals surface area contributed by atoms with E-state index < -0.39 is 5.41 Å². The molecule has 0 unspecified atom stereocenters. The summed E-state index contributed by atoms with van der Waals surface area (Å²) in [6, 6.07) is 21.0. The van der Waals surface area contributed by atoms with Gasteiger partial charge in [-0.1, -0.05) is 48.5 Å². The molecule has 1 aromatic heterocycles. The second-order valence-corrected chi connectivity index (χ2v) is 8.88. The summed E-state index contributed by atoms with van der Waals surface area (Å²) in [6.07, 6.45) is 2.37. The molecule has 0 bridgehead atoms. The number of methoxy groups -OCH3 is 1. The van der Waals surface area contributed by atoms with E-state index in [4.69, 9.17) is 4.74 Å². The van der Waals surface area contributed by atoms with Crippen LogP contribution in [0.15, 0.2) is 72.2 Å². The summed E-state index contributed by atoms with van der Waals surface area (Å²) in [4.78, 5) is 17.8. The quantitative estimate of drug-likeness (QED) is 0.470. The van der Waals surface area contributed by atoms with Gasteiger partial charge in [0.1, 0.15) is 5.75 Å². The third-order valence-electron chi connectivity index (χ3n) is 6.14. The zero-order valence-corrected chi connectivity index (χ0v) is 17.7. The van der Waals surface area contributed by atoms with Crippen molar-refractivity contribution in [2.24, 2.45) is 5.41 Å². The van der Waals surface area contributed by atoms with Crippen LogP contribution in [0.25, 0.3) is 10.8 Å². The molecule has 5 heteroatoms. The minimum atomic E-state index is -0.636. The van der Waals surface area contributed by atoms with E-state index >= 15 is 0 Å². The first-order valence-electron chi connectivity index (χ1n) is 9.95. The Morgan fingerprint density at radius 2 is 1.97 bits per heavy atom. The van der Waals surface area contributed by atoms with Crippen molar-refractivity contribution < 1.29 is 9.53 Å². The van der Waals surface area contributed by atoms with Gasteiger partial charge in [-0.05, 0) is 52.9 Å². The highest BCUT2D eigenvalue weighted by Gasteiger charge is 2.49. The summed E-state index contributed by atoms with van der Waals surface area (Å²) in [5.41, 5.74) is 2.84. The third kappa shape index (κ3) is 3.06. The molecule has 0 saturated heterocycles. The summed E-state index contributed by atoms with van der Waals surface area (Å²) in [6.45, 7) is 2.06. The number of carbonyl (C=O) groups excluding carboxylic acids is 1. The highest BCUT2D eigenvalue weighted by atomic mass is 32.1. The fraction of sp³-hybridized carbons (Fsp3) is 0.200. The number of hydrogen-bond acceptors (Lipinski definition) is 4. The first-order valence-corrected chi connectivity index (χ1v) is 10.8. The molecule has 1 aliphatic rings. The van der Waals surface area contributed by atoms with E-state index in [0.717, 1.165) is 16.9 Å². The third-order valence-corrected chi connectivity index (χ3v) is 6.83. The number of rotatable bonds is 4. The Morgan fingerprint density at radius 3 is 2.73 bits per heavy atom. The molecular formula is C25H22N2O2S. The molecule has 0 fully saturated rings. The van der Waals surface area contributed by atoms with Crippen LogP contribution in [0.3, 0.4) is 0 Å². The summed E-state index contributed by atoms with van der Waals surface area (Å²) >= 11 is 1.43. The number of carbonyl (C=O) groups is 1. The molecule has 2 atom stereocenters. The highest BCUT2D eigenvalue weighted by Crippen LogP contribution is 2.52. The number of benzene rings is 3. The van der Waals surface area contributed by atoms with Crippen molar-refractivity contribution in [3.05, 3.63) is 88.9 Å². The maximum atomic E-state index is 13.5. The Morgan fingerprint density at radius 1 is 1.13 bits per heavy atom. The minimum absolute atomic E-state index is 0.00854. The molecule has 1 N–H and O–H groups in total. The van der Waals surface area contributed by atoms with E-state index in [2.05, 4.69) is 59.7 Å². The van der Waals surface area contributed by atoms with Gasteiger partial charge in [-0.25, -0.2) is 4.98 Å². The van der Waals surface area contributed by atoms with Crippen molar-refractivity contribution >= 4 is 33.1 Å². The van der Waals surface area contributed by atoms with Crippen molar-refractivity contribution in [2.45, 2.75) is 19.3 Å². The fourth-order valence-corrected chi connectivity index (χ4v) is 5.17.